The second kappa shape index (κ2) is 14.1. The molecule has 0 aliphatic rings. The fourth-order valence-corrected chi connectivity index (χ4v) is 6.39. The standard InChI is InChI=1S/C31H43ClN2S/c1-6-9-10-15-28(31-26(7-2)30-27(32)14-13-16-29(30)35-31)34(20-12-11-19-33-8-3)22-25-18-17-23(4)24(5)21-25/h13-18,21,33H,6-12,19-20,22H2,1-5H3/b28-15-. The number of unbranched alkanes of at least 4 members (excludes halogenated alkanes) is 3. The van der Waals surface area contributed by atoms with Crippen LogP contribution in [-0.2, 0) is 13.0 Å². The molecule has 0 atom stereocenters. The molecule has 0 aliphatic heterocycles. The monoisotopic (exact) mass is 510 g/mol. The van der Waals surface area contributed by atoms with Crippen LogP contribution in [-0.4, -0.2) is 24.5 Å². The highest BCUT2D eigenvalue weighted by Gasteiger charge is 2.21. The third kappa shape index (κ3) is 7.35. The van der Waals surface area contributed by atoms with Crippen molar-refractivity contribution in [2.75, 3.05) is 19.6 Å². The molecule has 0 saturated heterocycles. The zero-order valence-corrected chi connectivity index (χ0v) is 23.9. The van der Waals surface area contributed by atoms with E-state index in [0.717, 1.165) is 44.0 Å². The molecule has 0 aliphatic carbocycles. The third-order valence-electron chi connectivity index (χ3n) is 6.81. The van der Waals surface area contributed by atoms with Gasteiger partial charge in [-0.1, -0.05) is 69.1 Å². The maximum Gasteiger partial charge on any atom is 0.0545 e. The number of hydrogen-bond donors (Lipinski definition) is 1. The van der Waals surface area contributed by atoms with Gasteiger partial charge in [0.15, 0.2) is 0 Å². The molecule has 2 aromatic carbocycles. The van der Waals surface area contributed by atoms with Gasteiger partial charge in [-0.25, -0.2) is 0 Å². The summed E-state index contributed by atoms with van der Waals surface area (Å²) >= 11 is 8.64. The lowest BCUT2D eigenvalue weighted by Crippen LogP contribution is -2.24. The van der Waals surface area contributed by atoms with Gasteiger partial charge in [0.05, 0.1) is 10.6 Å². The highest BCUT2D eigenvalue weighted by molar-refractivity contribution is 7.20. The van der Waals surface area contributed by atoms with Crippen LogP contribution in [0.4, 0.5) is 0 Å². The van der Waals surface area contributed by atoms with E-state index in [-0.39, 0.29) is 0 Å². The summed E-state index contributed by atoms with van der Waals surface area (Å²) < 4.78 is 1.30. The van der Waals surface area contributed by atoms with Gasteiger partial charge >= 0.3 is 0 Å². The smallest absolute Gasteiger partial charge is 0.0545 e. The summed E-state index contributed by atoms with van der Waals surface area (Å²) in [5.74, 6) is 0. The predicted octanol–water partition coefficient (Wildman–Crippen LogP) is 9.16. The van der Waals surface area contributed by atoms with Crippen molar-refractivity contribution in [1.29, 1.82) is 0 Å². The molecule has 0 bridgehead atoms. The topological polar surface area (TPSA) is 15.3 Å². The number of allylic oxidation sites excluding steroid dienone is 1. The van der Waals surface area contributed by atoms with E-state index in [1.54, 1.807) is 0 Å². The molecule has 4 heteroatoms. The minimum Gasteiger partial charge on any atom is -0.366 e. The molecule has 3 aromatic rings. The molecule has 3 rings (SSSR count). The van der Waals surface area contributed by atoms with Gasteiger partial charge < -0.3 is 10.2 Å². The van der Waals surface area contributed by atoms with E-state index in [9.17, 15) is 0 Å². The molecule has 190 valence electrons. The molecule has 1 aromatic heterocycles. The Hall–Kier alpha value is -1.81. The first-order valence-electron chi connectivity index (χ1n) is 13.4. The number of fused-ring (bicyclic) bond motifs is 1. The quantitative estimate of drug-likeness (QED) is 0.217. The fourth-order valence-electron chi connectivity index (χ4n) is 4.66. The predicted molar refractivity (Wildman–Crippen MR) is 158 cm³/mol. The zero-order valence-electron chi connectivity index (χ0n) is 22.3. The lowest BCUT2D eigenvalue weighted by atomic mass is 10.0. The number of nitrogens with zero attached hydrogens (tertiary/aromatic N) is 1. The summed E-state index contributed by atoms with van der Waals surface area (Å²) in [7, 11) is 0. The molecule has 0 saturated carbocycles. The SMILES string of the molecule is CCCC/C=C(/c1sc2cccc(Cl)c2c1CC)N(CCCCNCC)Cc1ccc(C)c(C)c1. The average Bonchev–Trinajstić information content (AvgIpc) is 3.23. The third-order valence-corrected chi connectivity index (χ3v) is 8.35. The Bertz CT molecular complexity index is 1110. The normalized spacial score (nSPS) is 12.0. The Labute approximate surface area is 222 Å². The Kier molecular flexibility index (Phi) is 11.2. The van der Waals surface area contributed by atoms with Gasteiger partial charge in [-0.15, -0.1) is 11.3 Å². The van der Waals surface area contributed by atoms with E-state index in [1.807, 2.05) is 17.4 Å². The number of aryl methyl sites for hydroxylation is 3. The molecule has 35 heavy (non-hydrogen) atoms. The van der Waals surface area contributed by atoms with Crippen LogP contribution in [0.3, 0.4) is 0 Å². The lowest BCUT2D eigenvalue weighted by molar-refractivity contribution is 0.376. The molecule has 0 amide bonds. The number of thiophene rings is 1. The zero-order chi connectivity index (χ0) is 25.2. The highest BCUT2D eigenvalue weighted by Crippen LogP contribution is 2.41. The first kappa shape index (κ1) is 27.8. The summed E-state index contributed by atoms with van der Waals surface area (Å²) in [5.41, 5.74) is 6.91. The van der Waals surface area contributed by atoms with E-state index in [4.69, 9.17) is 11.6 Å². The number of nitrogens with one attached hydrogen (secondary N) is 1. The Morgan fingerprint density at radius 3 is 2.57 bits per heavy atom. The summed E-state index contributed by atoms with van der Waals surface area (Å²) in [6, 6.07) is 13.3. The molecule has 2 nitrogen and oxygen atoms in total. The molecular formula is C31H43ClN2S. The van der Waals surface area contributed by atoms with Gasteiger partial charge in [0, 0.05) is 28.2 Å². The summed E-state index contributed by atoms with van der Waals surface area (Å²) in [6.45, 7) is 15.3. The Morgan fingerprint density at radius 2 is 1.86 bits per heavy atom. The second-order valence-electron chi connectivity index (χ2n) is 9.51. The van der Waals surface area contributed by atoms with Crippen LogP contribution in [0.5, 0.6) is 0 Å². The van der Waals surface area contributed by atoms with E-state index in [2.05, 4.69) is 81.2 Å². The number of rotatable bonds is 14. The van der Waals surface area contributed by atoms with Gasteiger partial charge in [-0.3, -0.25) is 0 Å². The summed E-state index contributed by atoms with van der Waals surface area (Å²) in [6.07, 6.45) is 9.40. The first-order chi connectivity index (χ1) is 17.0. The minimum atomic E-state index is 0.876. The van der Waals surface area contributed by atoms with Gasteiger partial charge in [-0.2, -0.15) is 0 Å². The van der Waals surface area contributed by atoms with Crippen molar-refractivity contribution in [3.05, 3.63) is 74.6 Å². The molecule has 0 spiro atoms. The lowest BCUT2D eigenvalue weighted by Gasteiger charge is -2.29. The van der Waals surface area contributed by atoms with Crippen molar-refractivity contribution in [2.45, 2.75) is 79.7 Å². The average molecular weight is 511 g/mol. The molecule has 0 unspecified atom stereocenters. The largest absolute Gasteiger partial charge is 0.366 e. The molecule has 0 radical (unpaired) electrons. The van der Waals surface area contributed by atoms with Gasteiger partial charge in [-0.05, 0) is 93.4 Å². The molecule has 1 heterocycles. The van der Waals surface area contributed by atoms with Crippen molar-refractivity contribution in [1.82, 2.24) is 10.2 Å². The van der Waals surface area contributed by atoms with Gasteiger partial charge in [0.25, 0.3) is 0 Å². The summed E-state index contributed by atoms with van der Waals surface area (Å²) in [4.78, 5) is 4.05. The van der Waals surface area contributed by atoms with Crippen LogP contribution in [0.1, 0.15) is 80.0 Å². The van der Waals surface area contributed by atoms with Crippen LogP contribution in [0.25, 0.3) is 15.8 Å². The van der Waals surface area contributed by atoms with Crippen molar-refractivity contribution >= 4 is 38.7 Å². The fraction of sp³-hybridized carbons (Fsp3) is 0.484. The molecular weight excluding hydrogens is 468 g/mol. The first-order valence-corrected chi connectivity index (χ1v) is 14.6. The number of halogens is 1. The van der Waals surface area contributed by atoms with E-state index < -0.39 is 0 Å². The van der Waals surface area contributed by atoms with E-state index in [0.29, 0.717) is 0 Å². The maximum atomic E-state index is 6.73. The maximum absolute atomic E-state index is 6.73. The summed E-state index contributed by atoms with van der Waals surface area (Å²) in [5, 5.41) is 5.61. The van der Waals surface area contributed by atoms with E-state index in [1.165, 1.54) is 68.6 Å². The van der Waals surface area contributed by atoms with Crippen LogP contribution in [0, 0.1) is 13.8 Å². The Morgan fingerprint density at radius 1 is 1.03 bits per heavy atom. The highest BCUT2D eigenvalue weighted by atomic mass is 35.5. The van der Waals surface area contributed by atoms with Gasteiger partial charge in [0.2, 0.25) is 0 Å². The van der Waals surface area contributed by atoms with Crippen LogP contribution >= 0.6 is 22.9 Å². The van der Waals surface area contributed by atoms with Crippen LogP contribution in [0.15, 0.2) is 42.5 Å². The Balaban J connectivity index is 2.04. The van der Waals surface area contributed by atoms with Crippen molar-refractivity contribution in [3.8, 4) is 0 Å². The van der Waals surface area contributed by atoms with Gasteiger partial charge in [0.1, 0.15) is 0 Å². The second-order valence-corrected chi connectivity index (χ2v) is 11.0. The number of benzene rings is 2. The molecule has 0 fully saturated rings. The van der Waals surface area contributed by atoms with Crippen molar-refractivity contribution < 1.29 is 0 Å². The van der Waals surface area contributed by atoms with E-state index >= 15 is 0 Å². The number of hydrogen-bond acceptors (Lipinski definition) is 3. The van der Waals surface area contributed by atoms with Crippen LogP contribution < -0.4 is 5.32 Å². The van der Waals surface area contributed by atoms with Crippen molar-refractivity contribution in [3.63, 3.8) is 0 Å². The van der Waals surface area contributed by atoms with Crippen molar-refractivity contribution in [2.24, 2.45) is 0 Å². The minimum absolute atomic E-state index is 0.876. The van der Waals surface area contributed by atoms with Crippen LogP contribution in [0.2, 0.25) is 5.02 Å². The molecule has 1 N–H and O–H groups in total.